The Labute approximate surface area is 199 Å². The molecule has 5 nitrogen and oxygen atoms in total. The standard InChI is InChI=1S/C29H28N2O3/c1-30-27(22-14-9-17-31(19-22)28(32)21-12-7-4-8-13-21)26(20-10-5-3-6-11-20)25-18-23(34-2)15-16-24(25)29(30)33/h3-8,10-13,15-16,18,22H,9,14,17,19H2,1-2H3. The van der Waals surface area contributed by atoms with Gasteiger partial charge in [0, 0.05) is 53.6 Å². The molecule has 0 spiro atoms. The molecule has 172 valence electrons. The third-order valence-electron chi connectivity index (χ3n) is 6.83. The molecule has 5 rings (SSSR count). The Bertz CT molecular complexity index is 1390. The van der Waals surface area contributed by atoms with Crippen LogP contribution in [0.4, 0.5) is 0 Å². The lowest BCUT2D eigenvalue weighted by Gasteiger charge is -2.35. The van der Waals surface area contributed by atoms with Gasteiger partial charge in [-0.25, -0.2) is 0 Å². The predicted octanol–water partition coefficient (Wildman–Crippen LogP) is 5.23. The first-order valence-corrected chi connectivity index (χ1v) is 11.7. The number of carbonyl (C=O) groups excluding carboxylic acids is 1. The van der Waals surface area contributed by atoms with E-state index in [1.54, 1.807) is 11.7 Å². The third kappa shape index (κ3) is 3.87. The summed E-state index contributed by atoms with van der Waals surface area (Å²) in [4.78, 5) is 28.6. The Morgan fingerprint density at radius 1 is 0.941 bits per heavy atom. The van der Waals surface area contributed by atoms with E-state index >= 15 is 0 Å². The number of fused-ring (bicyclic) bond motifs is 1. The highest BCUT2D eigenvalue weighted by atomic mass is 16.5. The number of aromatic nitrogens is 1. The molecule has 1 fully saturated rings. The number of amides is 1. The fourth-order valence-electron chi connectivity index (χ4n) is 5.17. The Kier molecular flexibility index (Phi) is 5.93. The first-order valence-electron chi connectivity index (χ1n) is 11.7. The number of benzene rings is 3. The lowest BCUT2D eigenvalue weighted by molar-refractivity contribution is 0.0705. The molecule has 0 N–H and O–H groups in total. The summed E-state index contributed by atoms with van der Waals surface area (Å²) in [6.45, 7) is 1.30. The fraction of sp³-hybridized carbons (Fsp3) is 0.241. The van der Waals surface area contributed by atoms with Crippen molar-refractivity contribution in [2.24, 2.45) is 7.05 Å². The summed E-state index contributed by atoms with van der Waals surface area (Å²) in [5, 5.41) is 1.55. The molecule has 1 aliphatic rings. The van der Waals surface area contributed by atoms with Gasteiger partial charge in [0.05, 0.1) is 7.11 Å². The van der Waals surface area contributed by atoms with Gasteiger partial charge in [0.2, 0.25) is 0 Å². The molecule has 34 heavy (non-hydrogen) atoms. The summed E-state index contributed by atoms with van der Waals surface area (Å²) < 4.78 is 7.29. The molecular formula is C29H28N2O3. The quantitative estimate of drug-likeness (QED) is 0.426. The lowest BCUT2D eigenvalue weighted by atomic mass is 9.86. The number of nitrogens with zero attached hydrogens (tertiary/aromatic N) is 2. The number of rotatable bonds is 4. The topological polar surface area (TPSA) is 51.5 Å². The zero-order valence-electron chi connectivity index (χ0n) is 19.5. The van der Waals surface area contributed by atoms with Crippen LogP contribution in [0.5, 0.6) is 5.75 Å². The zero-order valence-corrected chi connectivity index (χ0v) is 19.5. The van der Waals surface area contributed by atoms with E-state index in [0.29, 0.717) is 23.2 Å². The van der Waals surface area contributed by atoms with Crippen molar-refractivity contribution in [3.63, 3.8) is 0 Å². The molecule has 1 amide bonds. The smallest absolute Gasteiger partial charge is 0.258 e. The van der Waals surface area contributed by atoms with Crippen LogP contribution in [0.1, 0.15) is 34.8 Å². The highest BCUT2D eigenvalue weighted by molar-refractivity contribution is 5.98. The largest absolute Gasteiger partial charge is 0.497 e. The van der Waals surface area contributed by atoms with E-state index in [9.17, 15) is 9.59 Å². The van der Waals surface area contributed by atoms with Crippen LogP contribution in [0, 0.1) is 0 Å². The van der Waals surface area contributed by atoms with Crippen molar-refractivity contribution in [3.8, 4) is 16.9 Å². The summed E-state index contributed by atoms with van der Waals surface area (Å²) >= 11 is 0. The molecule has 1 atom stereocenters. The van der Waals surface area contributed by atoms with Gasteiger partial charge in [0.15, 0.2) is 0 Å². The molecule has 1 unspecified atom stereocenters. The molecule has 1 aliphatic heterocycles. The second kappa shape index (κ2) is 9.18. The van der Waals surface area contributed by atoms with Crippen LogP contribution < -0.4 is 10.3 Å². The predicted molar refractivity (Wildman–Crippen MR) is 135 cm³/mol. The number of piperidine rings is 1. The molecule has 1 aromatic heterocycles. The van der Waals surface area contributed by atoms with E-state index < -0.39 is 0 Å². The van der Waals surface area contributed by atoms with Crippen molar-refractivity contribution in [1.82, 2.24) is 9.47 Å². The van der Waals surface area contributed by atoms with Crippen LogP contribution in [0.2, 0.25) is 0 Å². The van der Waals surface area contributed by atoms with Crippen molar-refractivity contribution in [3.05, 3.63) is 100 Å². The molecule has 0 saturated carbocycles. The van der Waals surface area contributed by atoms with Crippen LogP contribution >= 0.6 is 0 Å². The first-order chi connectivity index (χ1) is 16.6. The van der Waals surface area contributed by atoms with Gasteiger partial charge in [0.1, 0.15) is 5.75 Å². The fourth-order valence-corrected chi connectivity index (χ4v) is 5.17. The SMILES string of the molecule is COc1ccc2c(=O)n(C)c(C3CCCN(C(=O)c4ccccc4)C3)c(-c3ccccc3)c2c1. The normalized spacial score (nSPS) is 15.9. The third-order valence-corrected chi connectivity index (χ3v) is 6.83. The number of hydrogen-bond acceptors (Lipinski definition) is 3. The van der Waals surface area contributed by atoms with Crippen LogP contribution in [0.25, 0.3) is 21.9 Å². The lowest BCUT2D eigenvalue weighted by Crippen LogP contribution is -2.40. The minimum absolute atomic E-state index is 0.0288. The van der Waals surface area contributed by atoms with E-state index in [1.807, 2.05) is 78.7 Å². The maximum atomic E-state index is 13.5. The molecule has 5 heteroatoms. The highest BCUT2D eigenvalue weighted by Crippen LogP contribution is 2.39. The van der Waals surface area contributed by atoms with Crippen molar-refractivity contribution in [1.29, 1.82) is 0 Å². The van der Waals surface area contributed by atoms with Crippen molar-refractivity contribution in [2.75, 3.05) is 20.2 Å². The zero-order chi connectivity index (χ0) is 23.7. The van der Waals surface area contributed by atoms with Crippen LogP contribution in [0.3, 0.4) is 0 Å². The summed E-state index contributed by atoms with van der Waals surface area (Å²) in [5.41, 5.74) is 3.73. The Balaban J connectivity index is 1.67. The van der Waals surface area contributed by atoms with Gasteiger partial charge in [0.25, 0.3) is 11.5 Å². The number of ether oxygens (including phenoxy) is 1. The van der Waals surface area contributed by atoms with Crippen molar-refractivity contribution >= 4 is 16.7 Å². The monoisotopic (exact) mass is 452 g/mol. The van der Waals surface area contributed by atoms with E-state index in [-0.39, 0.29) is 17.4 Å². The van der Waals surface area contributed by atoms with Crippen LogP contribution in [-0.2, 0) is 7.05 Å². The maximum absolute atomic E-state index is 13.5. The molecular weight excluding hydrogens is 424 g/mol. The molecule has 2 heterocycles. The van der Waals surface area contributed by atoms with E-state index in [1.165, 1.54) is 0 Å². The van der Waals surface area contributed by atoms with E-state index in [4.69, 9.17) is 4.74 Å². The van der Waals surface area contributed by atoms with Gasteiger partial charge in [-0.2, -0.15) is 0 Å². The van der Waals surface area contributed by atoms with Gasteiger partial charge >= 0.3 is 0 Å². The minimum atomic E-state index is -0.0288. The Morgan fingerprint density at radius 2 is 1.65 bits per heavy atom. The van der Waals surface area contributed by atoms with Gasteiger partial charge in [-0.1, -0.05) is 48.5 Å². The van der Waals surface area contributed by atoms with Crippen molar-refractivity contribution < 1.29 is 9.53 Å². The number of likely N-dealkylation sites (tertiary alicyclic amines) is 1. The number of methoxy groups -OCH3 is 1. The molecule has 0 aliphatic carbocycles. The van der Waals surface area contributed by atoms with Crippen LogP contribution in [-0.4, -0.2) is 35.6 Å². The average molecular weight is 453 g/mol. The average Bonchev–Trinajstić information content (AvgIpc) is 2.90. The van der Waals surface area contributed by atoms with Gasteiger partial charge in [-0.05, 0) is 48.7 Å². The summed E-state index contributed by atoms with van der Waals surface area (Å²) in [7, 11) is 3.49. The maximum Gasteiger partial charge on any atom is 0.258 e. The molecule has 4 aromatic rings. The van der Waals surface area contributed by atoms with E-state index in [2.05, 4.69) is 12.1 Å². The Morgan fingerprint density at radius 3 is 2.35 bits per heavy atom. The minimum Gasteiger partial charge on any atom is -0.497 e. The number of carbonyl (C=O) groups is 1. The second-order valence-electron chi connectivity index (χ2n) is 8.86. The Hall–Kier alpha value is -3.86. The summed E-state index contributed by atoms with van der Waals surface area (Å²) in [6.07, 6.45) is 1.81. The van der Waals surface area contributed by atoms with Crippen molar-refractivity contribution in [2.45, 2.75) is 18.8 Å². The molecule has 3 aromatic carbocycles. The van der Waals surface area contributed by atoms with Gasteiger partial charge in [-0.15, -0.1) is 0 Å². The van der Waals surface area contributed by atoms with Crippen LogP contribution in [0.15, 0.2) is 83.7 Å². The highest BCUT2D eigenvalue weighted by Gasteiger charge is 2.30. The van der Waals surface area contributed by atoms with Gasteiger partial charge < -0.3 is 14.2 Å². The van der Waals surface area contributed by atoms with Gasteiger partial charge in [-0.3, -0.25) is 9.59 Å². The summed E-state index contributed by atoms with van der Waals surface area (Å²) in [6, 6.07) is 25.2. The summed E-state index contributed by atoms with van der Waals surface area (Å²) in [5.74, 6) is 0.803. The molecule has 0 radical (unpaired) electrons. The molecule has 0 bridgehead atoms. The molecule has 1 saturated heterocycles. The second-order valence-corrected chi connectivity index (χ2v) is 8.86. The number of pyridine rings is 1. The van der Waals surface area contributed by atoms with E-state index in [0.717, 1.165) is 41.6 Å². The first kappa shape index (κ1) is 22.0. The number of hydrogen-bond donors (Lipinski definition) is 0.